The average molecular weight is 424 g/mol. The number of benzene rings is 2. The largest absolute Gasteiger partial charge is 0.488 e. The van der Waals surface area contributed by atoms with Gasteiger partial charge in [0.2, 0.25) is 5.91 Å². The second-order valence-corrected chi connectivity index (χ2v) is 9.07. The van der Waals surface area contributed by atoms with Gasteiger partial charge in [0.25, 0.3) is 0 Å². The van der Waals surface area contributed by atoms with Gasteiger partial charge in [-0.15, -0.1) is 0 Å². The third-order valence-corrected chi connectivity index (χ3v) is 6.67. The molecule has 2 fully saturated rings. The Labute approximate surface area is 182 Å². The maximum atomic E-state index is 13.0. The molecule has 0 unspecified atom stereocenters. The van der Waals surface area contributed by atoms with Crippen molar-refractivity contribution in [3.63, 3.8) is 0 Å². The maximum absolute atomic E-state index is 13.0. The number of amides is 1. The molecular weight excluding hydrogens is 398 g/mol. The monoisotopic (exact) mass is 423 g/mol. The Kier molecular flexibility index (Phi) is 5.20. The van der Waals surface area contributed by atoms with E-state index in [1.165, 1.54) is 12.8 Å². The Morgan fingerprint density at radius 1 is 1.13 bits per heavy atom. The Hall–Kier alpha value is -2.46. The molecule has 1 heterocycles. The van der Waals surface area contributed by atoms with Gasteiger partial charge in [-0.1, -0.05) is 23.7 Å². The molecule has 0 bridgehead atoms. The van der Waals surface area contributed by atoms with Crippen molar-refractivity contribution in [2.24, 2.45) is 0 Å². The van der Waals surface area contributed by atoms with Crippen molar-refractivity contribution < 1.29 is 14.3 Å². The summed E-state index contributed by atoms with van der Waals surface area (Å²) in [5.41, 5.74) is 2.43. The van der Waals surface area contributed by atoms with Crippen LogP contribution >= 0.6 is 11.6 Å². The van der Waals surface area contributed by atoms with Gasteiger partial charge in [-0.25, -0.2) is 0 Å². The number of carbonyl (C=O) groups excluding carboxylic acids is 1. The highest BCUT2D eigenvalue weighted by Gasteiger charge is 2.43. The lowest BCUT2D eigenvalue weighted by Crippen LogP contribution is -2.45. The average Bonchev–Trinajstić information content (AvgIpc) is 3.21. The van der Waals surface area contributed by atoms with E-state index in [9.17, 15) is 4.79 Å². The topological polar surface area (TPSA) is 47.6 Å². The predicted molar refractivity (Wildman–Crippen MR) is 119 cm³/mol. The molecule has 1 amide bonds. The number of nitrogens with one attached hydrogen (secondary N) is 1. The molecule has 2 aromatic rings. The van der Waals surface area contributed by atoms with Gasteiger partial charge in [0.1, 0.15) is 17.1 Å². The summed E-state index contributed by atoms with van der Waals surface area (Å²) in [5, 5.41) is 3.67. The first kappa shape index (κ1) is 19.5. The highest BCUT2D eigenvalue weighted by Crippen LogP contribution is 2.49. The Morgan fingerprint density at radius 2 is 1.93 bits per heavy atom. The lowest BCUT2D eigenvalue weighted by molar-refractivity contribution is -0.111. The van der Waals surface area contributed by atoms with Gasteiger partial charge < -0.3 is 14.8 Å². The van der Waals surface area contributed by atoms with Crippen LogP contribution in [0, 0.1) is 0 Å². The zero-order valence-corrected chi connectivity index (χ0v) is 17.7. The molecule has 2 aliphatic carbocycles. The molecule has 5 rings (SSSR count). The molecule has 156 valence electrons. The second kappa shape index (κ2) is 7.99. The third kappa shape index (κ3) is 3.93. The fourth-order valence-corrected chi connectivity index (χ4v) is 4.89. The lowest BCUT2D eigenvalue weighted by atomic mass is 9.73. The van der Waals surface area contributed by atoms with E-state index < -0.39 is 0 Å². The SMILES string of the molecule is O=C(/C=C1\CC2(CCC2)Oc2ccc(Cl)cc21)Nc1ccccc1OC1CCCC1. The predicted octanol–water partition coefficient (Wildman–Crippen LogP) is 6.39. The van der Waals surface area contributed by atoms with E-state index >= 15 is 0 Å². The van der Waals surface area contributed by atoms with Crippen molar-refractivity contribution in [2.45, 2.75) is 63.1 Å². The van der Waals surface area contributed by atoms with E-state index in [0.717, 1.165) is 61.2 Å². The first-order valence-corrected chi connectivity index (χ1v) is 11.2. The number of hydrogen-bond acceptors (Lipinski definition) is 3. The molecule has 1 spiro atoms. The smallest absolute Gasteiger partial charge is 0.248 e. The number of anilines is 1. The molecular formula is C25H26ClNO3. The molecule has 1 aliphatic heterocycles. The van der Waals surface area contributed by atoms with Crippen molar-refractivity contribution in [1.82, 2.24) is 0 Å². The van der Waals surface area contributed by atoms with Crippen LogP contribution in [0.15, 0.2) is 48.5 Å². The first-order valence-electron chi connectivity index (χ1n) is 10.9. The Morgan fingerprint density at radius 3 is 2.70 bits per heavy atom. The van der Waals surface area contributed by atoms with Gasteiger partial charge in [0.15, 0.2) is 0 Å². The van der Waals surface area contributed by atoms with Gasteiger partial charge in [0, 0.05) is 23.1 Å². The minimum Gasteiger partial charge on any atom is -0.488 e. The van der Waals surface area contributed by atoms with Gasteiger partial charge >= 0.3 is 0 Å². The number of hydrogen-bond donors (Lipinski definition) is 1. The summed E-state index contributed by atoms with van der Waals surface area (Å²) in [7, 11) is 0. The van der Waals surface area contributed by atoms with Gasteiger partial charge in [0.05, 0.1) is 11.8 Å². The second-order valence-electron chi connectivity index (χ2n) is 8.64. The van der Waals surface area contributed by atoms with E-state index in [0.29, 0.717) is 10.7 Å². The highest BCUT2D eigenvalue weighted by atomic mass is 35.5. The van der Waals surface area contributed by atoms with E-state index in [-0.39, 0.29) is 17.6 Å². The molecule has 0 radical (unpaired) electrons. The van der Waals surface area contributed by atoms with E-state index in [1.807, 2.05) is 42.5 Å². The van der Waals surface area contributed by atoms with E-state index in [1.54, 1.807) is 6.08 Å². The van der Waals surface area contributed by atoms with Gasteiger partial charge in [-0.05, 0) is 80.9 Å². The van der Waals surface area contributed by atoms with Crippen LogP contribution in [0.25, 0.3) is 5.57 Å². The summed E-state index contributed by atoms with van der Waals surface area (Å²) in [6, 6.07) is 13.3. The minimum absolute atomic E-state index is 0.158. The number of rotatable bonds is 4. The molecule has 0 saturated heterocycles. The van der Waals surface area contributed by atoms with Crippen molar-refractivity contribution in [3.8, 4) is 11.5 Å². The zero-order chi connectivity index (χ0) is 20.6. The van der Waals surface area contributed by atoms with Crippen LogP contribution in [0.4, 0.5) is 5.69 Å². The molecule has 0 aromatic heterocycles. The summed E-state index contributed by atoms with van der Waals surface area (Å²) in [6.45, 7) is 0. The number of halogens is 1. The van der Waals surface area contributed by atoms with Crippen LogP contribution in [-0.2, 0) is 4.79 Å². The van der Waals surface area contributed by atoms with Crippen LogP contribution in [-0.4, -0.2) is 17.6 Å². The number of para-hydroxylation sites is 2. The molecule has 2 saturated carbocycles. The fraction of sp³-hybridized carbons (Fsp3) is 0.400. The normalized spacial score (nSPS) is 21.0. The number of ether oxygens (including phenoxy) is 2. The van der Waals surface area contributed by atoms with Crippen LogP contribution in [0.5, 0.6) is 11.5 Å². The minimum atomic E-state index is -0.170. The molecule has 2 aromatic carbocycles. The third-order valence-electron chi connectivity index (χ3n) is 6.44. The van der Waals surface area contributed by atoms with Crippen molar-refractivity contribution in [3.05, 3.63) is 59.1 Å². The van der Waals surface area contributed by atoms with E-state index in [2.05, 4.69) is 5.32 Å². The van der Waals surface area contributed by atoms with Crippen molar-refractivity contribution in [2.75, 3.05) is 5.32 Å². The summed E-state index contributed by atoms with van der Waals surface area (Å²) in [5.74, 6) is 1.39. The number of fused-ring (bicyclic) bond motifs is 1. The first-order chi connectivity index (χ1) is 14.6. The van der Waals surface area contributed by atoms with Crippen LogP contribution in [0.3, 0.4) is 0 Å². The lowest BCUT2D eigenvalue weighted by Gasteiger charge is -2.46. The molecule has 4 nitrogen and oxygen atoms in total. The summed E-state index contributed by atoms with van der Waals surface area (Å²) in [6.07, 6.45) is 10.4. The van der Waals surface area contributed by atoms with Crippen LogP contribution in [0.1, 0.15) is 56.9 Å². The quantitative estimate of drug-likeness (QED) is 0.579. The van der Waals surface area contributed by atoms with Crippen molar-refractivity contribution >= 4 is 28.8 Å². The standard InChI is InChI=1S/C25H26ClNO3/c26-18-10-11-22-20(15-18)17(16-25(30-22)12-5-13-25)14-24(28)27-21-8-3-4-9-23(21)29-19-6-1-2-7-19/h3-4,8-11,14-15,19H,1-2,5-7,12-13,16H2,(H,27,28)/b17-14+. The summed E-state index contributed by atoms with van der Waals surface area (Å²) < 4.78 is 12.4. The molecule has 5 heteroatoms. The molecule has 1 N–H and O–H groups in total. The van der Waals surface area contributed by atoms with E-state index in [4.69, 9.17) is 21.1 Å². The fourth-order valence-electron chi connectivity index (χ4n) is 4.72. The Bertz CT molecular complexity index is 990. The zero-order valence-electron chi connectivity index (χ0n) is 17.0. The summed E-state index contributed by atoms with van der Waals surface area (Å²) in [4.78, 5) is 13.0. The molecule has 30 heavy (non-hydrogen) atoms. The summed E-state index contributed by atoms with van der Waals surface area (Å²) >= 11 is 6.23. The molecule has 0 atom stereocenters. The van der Waals surface area contributed by atoms with Crippen LogP contribution < -0.4 is 14.8 Å². The van der Waals surface area contributed by atoms with Crippen molar-refractivity contribution in [1.29, 1.82) is 0 Å². The Balaban J connectivity index is 1.39. The van der Waals surface area contributed by atoms with Gasteiger partial charge in [-0.2, -0.15) is 0 Å². The van der Waals surface area contributed by atoms with Gasteiger partial charge in [-0.3, -0.25) is 4.79 Å². The highest BCUT2D eigenvalue weighted by molar-refractivity contribution is 6.30. The maximum Gasteiger partial charge on any atom is 0.248 e. The number of carbonyl (C=O) groups is 1. The molecule has 3 aliphatic rings. The van der Waals surface area contributed by atoms with Crippen LogP contribution in [0.2, 0.25) is 5.02 Å².